The molecule has 2 rings (SSSR count). The van der Waals surface area contributed by atoms with Crippen molar-refractivity contribution in [3.8, 4) is 5.75 Å². The maximum atomic E-state index is 11.8. The van der Waals surface area contributed by atoms with E-state index in [-0.39, 0.29) is 11.3 Å². The Bertz CT molecular complexity index is 526. The number of nitrogens with zero attached hydrogens (tertiary/aromatic N) is 1. The summed E-state index contributed by atoms with van der Waals surface area (Å²) in [5.74, 6) is -0.235. The van der Waals surface area contributed by atoms with Gasteiger partial charge in [0.25, 0.3) is 5.91 Å². The highest BCUT2D eigenvalue weighted by Crippen LogP contribution is 2.21. The van der Waals surface area contributed by atoms with Crippen LogP contribution in [0.1, 0.15) is 29.6 Å². The van der Waals surface area contributed by atoms with Gasteiger partial charge in [0.05, 0.1) is 5.56 Å². The van der Waals surface area contributed by atoms with E-state index in [0.29, 0.717) is 10.9 Å². The van der Waals surface area contributed by atoms with Gasteiger partial charge in [-0.1, -0.05) is 23.8 Å². The molecule has 1 aromatic rings. The van der Waals surface area contributed by atoms with Crippen molar-refractivity contribution in [2.24, 2.45) is 11.0 Å². The van der Waals surface area contributed by atoms with Gasteiger partial charge < -0.3 is 5.11 Å². The zero-order chi connectivity index (χ0) is 13.7. The predicted molar refractivity (Wildman–Crippen MR) is 75.6 cm³/mol. The third-order valence-corrected chi connectivity index (χ3v) is 3.20. The highest BCUT2D eigenvalue weighted by atomic mass is 35.5. The average Bonchev–Trinajstić information content (AvgIpc) is 2.39. The Morgan fingerprint density at radius 3 is 3.00 bits per heavy atom. The molecule has 1 atom stereocenters. The van der Waals surface area contributed by atoms with Crippen LogP contribution in [0.5, 0.6) is 5.75 Å². The second-order valence-electron chi connectivity index (χ2n) is 4.43. The largest absolute Gasteiger partial charge is 0.507 e. The van der Waals surface area contributed by atoms with Crippen LogP contribution in [0.25, 0.3) is 0 Å². The number of carbonyl (C=O) groups excluding carboxylic acids is 1. The van der Waals surface area contributed by atoms with Gasteiger partial charge in [0.2, 0.25) is 0 Å². The summed E-state index contributed by atoms with van der Waals surface area (Å²) < 4.78 is 0. The number of benzene rings is 1. The van der Waals surface area contributed by atoms with Gasteiger partial charge in [0.15, 0.2) is 0 Å². The van der Waals surface area contributed by atoms with Crippen molar-refractivity contribution in [1.82, 2.24) is 5.43 Å². The fraction of sp³-hybridized carbons (Fsp3) is 0.286. The molecule has 1 aromatic carbocycles. The number of rotatable bonds is 3. The zero-order valence-electron chi connectivity index (χ0n) is 10.3. The molecule has 1 amide bonds. The molecule has 19 heavy (non-hydrogen) atoms. The van der Waals surface area contributed by atoms with Gasteiger partial charge in [-0.25, -0.2) is 5.43 Å². The van der Waals surface area contributed by atoms with E-state index in [9.17, 15) is 9.90 Å². The van der Waals surface area contributed by atoms with Gasteiger partial charge in [0.1, 0.15) is 5.75 Å². The number of aromatic hydroxyl groups is 1. The topological polar surface area (TPSA) is 61.7 Å². The van der Waals surface area contributed by atoms with Crippen molar-refractivity contribution in [1.29, 1.82) is 0 Å². The molecule has 4 nitrogen and oxygen atoms in total. The van der Waals surface area contributed by atoms with Crippen LogP contribution >= 0.6 is 11.6 Å². The number of allylic oxidation sites excluding steroid dienone is 2. The SMILES string of the molecule is O=C(N/N=C\[C@@H]1CC=CCC1)c1ccc(Cl)cc1O. The van der Waals surface area contributed by atoms with Crippen LogP contribution in [0.4, 0.5) is 0 Å². The first-order chi connectivity index (χ1) is 9.16. The lowest BCUT2D eigenvalue weighted by molar-refractivity contribution is 0.0952. The summed E-state index contributed by atoms with van der Waals surface area (Å²) in [6, 6.07) is 4.34. The van der Waals surface area contributed by atoms with E-state index in [0.717, 1.165) is 19.3 Å². The number of hydrazone groups is 1. The van der Waals surface area contributed by atoms with Crippen molar-refractivity contribution in [2.45, 2.75) is 19.3 Å². The lowest BCUT2D eigenvalue weighted by atomic mass is 9.96. The fourth-order valence-corrected chi connectivity index (χ4v) is 2.08. The molecule has 0 saturated heterocycles. The van der Waals surface area contributed by atoms with E-state index in [4.69, 9.17) is 11.6 Å². The minimum absolute atomic E-state index is 0.152. The number of hydrogen-bond donors (Lipinski definition) is 2. The molecule has 1 aliphatic rings. The highest BCUT2D eigenvalue weighted by Gasteiger charge is 2.11. The molecule has 0 aliphatic heterocycles. The summed E-state index contributed by atoms with van der Waals surface area (Å²) in [4.78, 5) is 11.8. The van der Waals surface area contributed by atoms with E-state index in [1.54, 1.807) is 12.3 Å². The van der Waals surface area contributed by atoms with E-state index >= 15 is 0 Å². The van der Waals surface area contributed by atoms with Crippen LogP contribution in [0.15, 0.2) is 35.5 Å². The van der Waals surface area contributed by atoms with Crippen LogP contribution in [0, 0.1) is 5.92 Å². The maximum absolute atomic E-state index is 11.8. The Morgan fingerprint density at radius 1 is 1.47 bits per heavy atom. The number of phenols is 1. The van der Waals surface area contributed by atoms with Crippen molar-refractivity contribution in [2.75, 3.05) is 0 Å². The zero-order valence-corrected chi connectivity index (χ0v) is 11.1. The van der Waals surface area contributed by atoms with Crippen LogP contribution in [0.2, 0.25) is 5.02 Å². The third-order valence-electron chi connectivity index (χ3n) is 2.97. The van der Waals surface area contributed by atoms with Crippen LogP contribution in [-0.2, 0) is 0 Å². The number of amides is 1. The Balaban J connectivity index is 1.93. The Hall–Kier alpha value is -1.81. The molecular weight excluding hydrogens is 264 g/mol. The minimum atomic E-state index is -0.447. The monoisotopic (exact) mass is 278 g/mol. The van der Waals surface area contributed by atoms with Crippen molar-refractivity contribution >= 4 is 23.7 Å². The molecule has 0 fully saturated rings. The number of halogens is 1. The van der Waals surface area contributed by atoms with E-state index in [1.165, 1.54) is 12.1 Å². The number of nitrogens with one attached hydrogen (secondary N) is 1. The summed E-state index contributed by atoms with van der Waals surface area (Å²) in [5, 5.41) is 13.9. The summed E-state index contributed by atoms with van der Waals surface area (Å²) in [7, 11) is 0. The quantitative estimate of drug-likeness (QED) is 0.507. The molecule has 2 N–H and O–H groups in total. The molecule has 0 saturated carbocycles. The molecule has 0 bridgehead atoms. The van der Waals surface area contributed by atoms with Crippen LogP contribution in [0.3, 0.4) is 0 Å². The Morgan fingerprint density at radius 2 is 2.32 bits per heavy atom. The second kappa shape index (κ2) is 6.38. The number of phenolic OH excluding ortho intramolecular Hbond substituents is 1. The minimum Gasteiger partial charge on any atom is -0.507 e. The first kappa shape index (κ1) is 13.6. The molecule has 0 spiro atoms. The summed E-state index contributed by atoms with van der Waals surface area (Å²) in [6.07, 6.45) is 9.05. The molecule has 0 aromatic heterocycles. The third kappa shape index (κ3) is 3.83. The first-order valence-electron chi connectivity index (χ1n) is 6.14. The van der Waals surface area contributed by atoms with Gasteiger partial charge in [-0.2, -0.15) is 5.10 Å². The van der Waals surface area contributed by atoms with Crippen molar-refractivity contribution in [3.63, 3.8) is 0 Å². The lowest BCUT2D eigenvalue weighted by Gasteiger charge is -2.11. The number of hydrogen-bond acceptors (Lipinski definition) is 3. The molecule has 0 radical (unpaired) electrons. The molecule has 5 heteroatoms. The van der Waals surface area contributed by atoms with Gasteiger partial charge in [-0.15, -0.1) is 0 Å². The average molecular weight is 279 g/mol. The first-order valence-corrected chi connectivity index (χ1v) is 6.51. The van der Waals surface area contributed by atoms with Gasteiger partial charge >= 0.3 is 0 Å². The van der Waals surface area contributed by atoms with E-state index < -0.39 is 5.91 Å². The predicted octanol–water partition coefficient (Wildman–Crippen LogP) is 3.12. The molecule has 0 unspecified atom stereocenters. The maximum Gasteiger partial charge on any atom is 0.275 e. The van der Waals surface area contributed by atoms with E-state index in [2.05, 4.69) is 22.7 Å². The molecule has 0 heterocycles. The highest BCUT2D eigenvalue weighted by molar-refractivity contribution is 6.30. The van der Waals surface area contributed by atoms with Gasteiger partial charge in [-0.05, 0) is 43.4 Å². The smallest absolute Gasteiger partial charge is 0.275 e. The summed E-state index contributed by atoms with van der Waals surface area (Å²) in [6.45, 7) is 0. The molecule has 1 aliphatic carbocycles. The van der Waals surface area contributed by atoms with Crippen molar-refractivity contribution in [3.05, 3.63) is 40.9 Å². The van der Waals surface area contributed by atoms with Crippen LogP contribution in [-0.4, -0.2) is 17.2 Å². The van der Waals surface area contributed by atoms with Gasteiger partial charge in [0, 0.05) is 11.2 Å². The molecular formula is C14H15ClN2O2. The normalized spacial score (nSPS) is 18.7. The standard InChI is InChI=1S/C14H15ClN2O2/c15-11-6-7-12(13(18)8-11)14(19)17-16-9-10-4-2-1-3-5-10/h1-2,6-10,18H,3-5H2,(H,17,19)/b16-9-/t10-/m1/s1. The summed E-state index contributed by atoms with van der Waals surface area (Å²) >= 11 is 5.70. The summed E-state index contributed by atoms with van der Waals surface area (Å²) in [5.41, 5.74) is 2.57. The van der Waals surface area contributed by atoms with E-state index in [1.807, 2.05) is 0 Å². The number of carbonyl (C=O) groups is 1. The Labute approximate surface area is 116 Å². The Kier molecular flexibility index (Phi) is 4.58. The van der Waals surface area contributed by atoms with Crippen LogP contribution < -0.4 is 5.43 Å². The fourth-order valence-electron chi connectivity index (χ4n) is 1.91. The molecule has 100 valence electrons. The second-order valence-corrected chi connectivity index (χ2v) is 4.86. The van der Waals surface area contributed by atoms with Gasteiger partial charge in [-0.3, -0.25) is 4.79 Å². The lowest BCUT2D eigenvalue weighted by Crippen LogP contribution is -2.19. The van der Waals surface area contributed by atoms with Crippen molar-refractivity contribution < 1.29 is 9.90 Å².